The van der Waals surface area contributed by atoms with Gasteiger partial charge in [-0.3, -0.25) is 0 Å². The normalized spacial score (nSPS) is 11.7. The molecule has 3 aromatic rings. The zero-order valence-corrected chi connectivity index (χ0v) is 15.9. The molecule has 0 atom stereocenters. The number of hydrogen-bond acceptors (Lipinski definition) is 3. The summed E-state index contributed by atoms with van der Waals surface area (Å²) in [4.78, 5) is 17.2. The molecule has 0 unspecified atom stereocenters. The highest BCUT2D eigenvalue weighted by Gasteiger charge is 2.14. The van der Waals surface area contributed by atoms with Crippen LogP contribution in [0.4, 0.5) is 0 Å². The second kappa shape index (κ2) is 8.34. The zero-order chi connectivity index (χ0) is 18.5. The minimum absolute atomic E-state index is 0.343. The summed E-state index contributed by atoms with van der Waals surface area (Å²) in [6.07, 6.45) is 4.59. The SMILES string of the molecule is CCc1ncc(C=C(Cc2cccs2)C(=O)O)n1Cc1ccccc1Cl. The molecule has 0 aliphatic heterocycles. The van der Waals surface area contributed by atoms with E-state index in [0.717, 1.165) is 28.4 Å². The monoisotopic (exact) mass is 386 g/mol. The molecule has 134 valence electrons. The first-order chi connectivity index (χ1) is 12.6. The van der Waals surface area contributed by atoms with Crippen molar-refractivity contribution in [2.45, 2.75) is 26.3 Å². The molecule has 0 amide bonds. The van der Waals surface area contributed by atoms with Crippen LogP contribution in [0, 0.1) is 0 Å². The minimum Gasteiger partial charge on any atom is -0.478 e. The van der Waals surface area contributed by atoms with Crippen molar-refractivity contribution < 1.29 is 9.90 Å². The molecular weight excluding hydrogens is 368 g/mol. The molecule has 26 heavy (non-hydrogen) atoms. The van der Waals surface area contributed by atoms with Crippen molar-refractivity contribution in [3.8, 4) is 0 Å². The molecule has 3 rings (SSSR count). The molecule has 0 aliphatic rings. The fraction of sp³-hybridized carbons (Fsp3) is 0.200. The lowest BCUT2D eigenvalue weighted by Gasteiger charge is -2.11. The van der Waals surface area contributed by atoms with Crippen molar-refractivity contribution in [2.75, 3.05) is 0 Å². The molecule has 0 radical (unpaired) electrons. The summed E-state index contributed by atoms with van der Waals surface area (Å²) >= 11 is 7.85. The Morgan fingerprint density at radius 2 is 2.12 bits per heavy atom. The number of benzene rings is 1. The van der Waals surface area contributed by atoms with E-state index in [1.807, 2.05) is 53.3 Å². The van der Waals surface area contributed by atoms with Gasteiger partial charge in [0.2, 0.25) is 0 Å². The molecular formula is C20H19ClN2O2S. The van der Waals surface area contributed by atoms with Crippen LogP contribution in [-0.4, -0.2) is 20.6 Å². The van der Waals surface area contributed by atoms with E-state index >= 15 is 0 Å². The fourth-order valence-electron chi connectivity index (χ4n) is 2.77. The van der Waals surface area contributed by atoms with E-state index in [1.165, 1.54) is 0 Å². The van der Waals surface area contributed by atoms with E-state index in [0.29, 0.717) is 23.6 Å². The molecule has 0 aliphatic carbocycles. The Morgan fingerprint density at radius 1 is 1.31 bits per heavy atom. The molecule has 0 saturated heterocycles. The van der Waals surface area contributed by atoms with Crippen molar-refractivity contribution in [1.29, 1.82) is 0 Å². The van der Waals surface area contributed by atoms with Gasteiger partial charge in [-0.25, -0.2) is 9.78 Å². The van der Waals surface area contributed by atoms with Crippen LogP contribution in [0.25, 0.3) is 6.08 Å². The number of aromatic nitrogens is 2. The number of carboxylic acids is 1. The largest absolute Gasteiger partial charge is 0.478 e. The first-order valence-electron chi connectivity index (χ1n) is 8.32. The summed E-state index contributed by atoms with van der Waals surface area (Å²) in [5.74, 6) is -0.0148. The van der Waals surface area contributed by atoms with E-state index in [2.05, 4.69) is 4.98 Å². The maximum absolute atomic E-state index is 11.7. The van der Waals surface area contributed by atoms with Crippen LogP contribution in [0.1, 0.15) is 28.9 Å². The predicted octanol–water partition coefficient (Wildman–Crippen LogP) is 4.92. The van der Waals surface area contributed by atoms with Gasteiger partial charge in [-0.1, -0.05) is 42.8 Å². The standard InChI is InChI=1S/C20H19ClN2O2S/c1-2-19-22-12-16(23(19)13-14-6-3-4-8-18(14)21)10-15(20(24)25)11-17-7-5-9-26-17/h3-10,12H,2,11,13H2,1H3,(H,24,25). The maximum atomic E-state index is 11.7. The second-order valence-electron chi connectivity index (χ2n) is 5.86. The lowest BCUT2D eigenvalue weighted by atomic mass is 10.1. The van der Waals surface area contributed by atoms with E-state index in [-0.39, 0.29) is 0 Å². The topological polar surface area (TPSA) is 55.1 Å². The van der Waals surface area contributed by atoms with Crippen LogP contribution in [0.3, 0.4) is 0 Å². The number of rotatable bonds is 7. The molecule has 6 heteroatoms. The number of aliphatic carboxylic acids is 1. The quantitative estimate of drug-likeness (QED) is 0.586. The summed E-state index contributed by atoms with van der Waals surface area (Å²) in [5.41, 5.74) is 2.10. The van der Waals surface area contributed by atoms with Gasteiger partial charge in [0.05, 0.1) is 18.4 Å². The van der Waals surface area contributed by atoms with Gasteiger partial charge >= 0.3 is 5.97 Å². The summed E-state index contributed by atoms with van der Waals surface area (Å²) < 4.78 is 2.03. The van der Waals surface area contributed by atoms with Crippen LogP contribution in [0.5, 0.6) is 0 Å². The van der Waals surface area contributed by atoms with Crippen LogP contribution in [0.2, 0.25) is 5.02 Å². The minimum atomic E-state index is -0.915. The van der Waals surface area contributed by atoms with E-state index < -0.39 is 5.97 Å². The number of imidazole rings is 1. The second-order valence-corrected chi connectivity index (χ2v) is 7.30. The van der Waals surface area contributed by atoms with E-state index in [9.17, 15) is 9.90 Å². The van der Waals surface area contributed by atoms with Crippen molar-refractivity contribution in [1.82, 2.24) is 9.55 Å². The molecule has 0 fully saturated rings. The number of carbonyl (C=O) groups is 1. The third kappa shape index (κ3) is 4.23. The van der Waals surface area contributed by atoms with Crippen molar-refractivity contribution >= 4 is 35.0 Å². The highest BCUT2D eigenvalue weighted by Crippen LogP contribution is 2.21. The molecule has 0 spiro atoms. The van der Waals surface area contributed by atoms with Crippen molar-refractivity contribution in [2.24, 2.45) is 0 Å². The maximum Gasteiger partial charge on any atom is 0.332 e. The average Bonchev–Trinajstić information content (AvgIpc) is 3.26. The zero-order valence-electron chi connectivity index (χ0n) is 14.4. The lowest BCUT2D eigenvalue weighted by molar-refractivity contribution is -0.132. The number of halogens is 1. The van der Waals surface area contributed by atoms with Gasteiger partial charge in [0.25, 0.3) is 0 Å². The molecule has 1 N–H and O–H groups in total. The van der Waals surface area contributed by atoms with Gasteiger partial charge in [0, 0.05) is 28.3 Å². The van der Waals surface area contributed by atoms with Gasteiger partial charge in [0.15, 0.2) is 0 Å². The lowest BCUT2D eigenvalue weighted by Crippen LogP contribution is -2.09. The Hall–Kier alpha value is -2.37. The van der Waals surface area contributed by atoms with Gasteiger partial charge in [-0.2, -0.15) is 0 Å². The first-order valence-corrected chi connectivity index (χ1v) is 9.58. The highest BCUT2D eigenvalue weighted by atomic mass is 35.5. The number of aryl methyl sites for hydroxylation is 1. The predicted molar refractivity (Wildman–Crippen MR) is 106 cm³/mol. The Balaban J connectivity index is 1.97. The molecule has 2 aromatic heterocycles. The third-order valence-corrected chi connectivity index (χ3v) is 5.36. The Morgan fingerprint density at radius 3 is 2.77 bits per heavy atom. The van der Waals surface area contributed by atoms with Crippen molar-refractivity contribution in [3.05, 3.63) is 80.5 Å². The van der Waals surface area contributed by atoms with Crippen LogP contribution in [-0.2, 0) is 24.2 Å². The van der Waals surface area contributed by atoms with Crippen molar-refractivity contribution in [3.63, 3.8) is 0 Å². The smallest absolute Gasteiger partial charge is 0.332 e. The molecule has 0 saturated carbocycles. The fourth-order valence-corrected chi connectivity index (χ4v) is 3.70. The molecule has 4 nitrogen and oxygen atoms in total. The summed E-state index contributed by atoms with van der Waals surface area (Å²) in [6, 6.07) is 11.5. The summed E-state index contributed by atoms with van der Waals surface area (Å²) in [5, 5.41) is 12.2. The molecule has 0 bridgehead atoms. The Kier molecular flexibility index (Phi) is 5.91. The Bertz CT molecular complexity index is 929. The molecule has 2 heterocycles. The summed E-state index contributed by atoms with van der Waals surface area (Å²) in [6.45, 7) is 2.59. The van der Waals surface area contributed by atoms with Crippen LogP contribution in [0.15, 0.2) is 53.5 Å². The van der Waals surface area contributed by atoms with E-state index in [1.54, 1.807) is 23.6 Å². The van der Waals surface area contributed by atoms with Gasteiger partial charge < -0.3 is 9.67 Å². The average molecular weight is 387 g/mol. The summed E-state index contributed by atoms with van der Waals surface area (Å²) in [7, 11) is 0. The van der Waals surface area contributed by atoms with E-state index in [4.69, 9.17) is 11.6 Å². The molecule has 1 aromatic carbocycles. The Labute approximate surface area is 161 Å². The number of carboxylic acid groups (broad SMARTS) is 1. The number of nitrogens with zero attached hydrogens (tertiary/aromatic N) is 2. The number of thiophene rings is 1. The first kappa shape index (κ1) is 18.4. The third-order valence-electron chi connectivity index (χ3n) is 4.11. The van der Waals surface area contributed by atoms with Gasteiger partial charge in [-0.15, -0.1) is 11.3 Å². The highest BCUT2D eigenvalue weighted by molar-refractivity contribution is 7.09. The van der Waals surface area contributed by atoms with Gasteiger partial charge in [-0.05, 0) is 29.2 Å². The van der Waals surface area contributed by atoms with Gasteiger partial charge in [0.1, 0.15) is 5.82 Å². The van der Waals surface area contributed by atoms with Crippen LogP contribution >= 0.6 is 22.9 Å². The number of hydrogen-bond donors (Lipinski definition) is 1. The van der Waals surface area contributed by atoms with Crippen LogP contribution < -0.4 is 0 Å².